The summed E-state index contributed by atoms with van der Waals surface area (Å²) >= 11 is 0. The summed E-state index contributed by atoms with van der Waals surface area (Å²) in [5.74, 6) is -1.38. The average Bonchev–Trinajstić information content (AvgIpc) is 2.86. The van der Waals surface area contributed by atoms with Crippen molar-refractivity contribution in [2.75, 3.05) is 13.2 Å². The number of esters is 1. The Labute approximate surface area is 223 Å². The number of unbranched alkanes of at least 4 members (excludes halogenated alkanes) is 21. The minimum atomic E-state index is -0.972. The van der Waals surface area contributed by atoms with Crippen molar-refractivity contribution in [2.45, 2.75) is 174 Å². The molecule has 36 heavy (non-hydrogen) atoms. The highest BCUT2D eigenvalue weighted by molar-refractivity contribution is 5.81. The third kappa shape index (κ3) is 26.0. The van der Waals surface area contributed by atoms with Crippen LogP contribution in [0.1, 0.15) is 168 Å². The zero-order valence-electron chi connectivity index (χ0n) is 24.1. The SMILES string of the molecule is CCCCCCCCCCCCCCNC(CC(=O)OCCCCCCCCCCCCC)C(=O)O. The van der Waals surface area contributed by atoms with Gasteiger partial charge in [-0.2, -0.15) is 0 Å². The molecule has 0 spiro atoms. The number of hydrogen-bond donors (Lipinski definition) is 2. The lowest BCUT2D eigenvalue weighted by Gasteiger charge is -2.14. The van der Waals surface area contributed by atoms with Crippen molar-refractivity contribution in [1.82, 2.24) is 5.32 Å². The van der Waals surface area contributed by atoms with Gasteiger partial charge in [0.1, 0.15) is 6.04 Å². The maximum Gasteiger partial charge on any atom is 0.321 e. The Morgan fingerprint density at radius 1 is 0.583 bits per heavy atom. The first-order chi connectivity index (χ1) is 17.6. The van der Waals surface area contributed by atoms with Crippen molar-refractivity contribution < 1.29 is 19.4 Å². The molecule has 0 bridgehead atoms. The summed E-state index contributed by atoms with van der Waals surface area (Å²) in [4.78, 5) is 23.5. The van der Waals surface area contributed by atoms with Crippen LogP contribution >= 0.6 is 0 Å². The zero-order chi connectivity index (χ0) is 26.5. The number of carbonyl (C=O) groups is 2. The number of aliphatic carboxylic acids is 1. The second kappa shape index (κ2) is 28.5. The van der Waals surface area contributed by atoms with E-state index < -0.39 is 18.0 Å². The van der Waals surface area contributed by atoms with Gasteiger partial charge in [0.25, 0.3) is 0 Å². The van der Waals surface area contributed by atoms with Crippen molar-refractivity contribution in [3.05, 3.63) is 0 Å². The molecule has 0 aromatic carbocycles. The van der Waals surface area contributed by atoms with Crippen LogP contribution in [-0.2, 0) is 14.3 Å². The molecule has 0 saturated carbocycles. The minimum Gasteiger partial charge on any atom is -0.480 e. The van der Waals surface area contributed by atoms with Gasteiger partial charge in [-0.3, -0.25) is 9.59 Å². The molecule has 0 heterocycles. The molecular weight excluding hydrogens is 450 g/mol. The Morgan fingerprint density at radius 2 is 0.944 bits per heavy atom. The van der Waals surface area contributed by atoms with Crippen LogP contribution in [0.15, 0.2) is 0 Å². The maximum atomic E-state index is 12.0. The average molecular weight is 512 g/mol. The number of carboxylic acid groups (broad SMARTS) is 1. The number of nitrogens with one attached hydrogen (secondary N) is 1. The number of carbonyl (C=O) groups excluding carboxylic acids is 1. The van der Waals surface area contributed by atoms with E-state index in [-0.39, 0.29) is 6.42 Å². The van der Waals surface area contributed by atoms with Gasteiger partial charge in [0, 0.05) is 0 Å². The fourth-order valence-electron chi connectivity index (χ4n) is 4.67. The first kappa shape index (κ1) is 34.9. The lowest BCUT2D eigenvalue weighted by molar-refractivity contribution is -0.149. The molecule has 2 N–H and O–H groups in total. The Bertz CT molecular complexity index is 483. The van der Waals surface area contributed by atoms with Crippen LogP contribution in [0.3, 0.4) is 0 Å². The van der Waals surface area contributed by atoms with Crippen molar-refractivity contribution >= 4 is 11.9 Å². The van der Waals surface area contributed by atoms with E-state index in [1.54, 1.807) is 0 Å². The smallest absolute Gasteiger partial charge is 0.321 e. The van der Waals surface area contributed by atoms with Crippen LogP contribution in [0.4, 0.5) is 0 Å². The molecule has 0 aromatic heterocycles. The fraction of sp³-hybridized carbons (Fsp3) is 0.935. The molecule has 5 heteroatoms. The van der Waals surface area contributed by atoms with Crippen LogP contribution in [-0.4, -0.2) is 36.2 Å². The summed E-state index contributed by atoms with van der Waals surface area (Å²) in [5.41, 5.74) is 0. The molecular formula is C31H61NO4. The summed E-state index contributed by atoms with van der Waals surface area (Å²) < 4.78 is 5.28. The molecule has 0 radical (unpaired) electrons. The number of ether oxygens (including phenoxy) is 1. The molecule has 1 atom stereocenters. The van der Waals surface area contributed by atoms with Crippen LogP contribution in [0, 0.1) is 0 Å². The molecule has 5 nitrogen and oxygen atoms in total. The molecule has 0 amide bonds. The maximum absolute atomic E-state index is 12.0. The second-order valence-corrected chi connectivity index (χ2v) is 10.7. The third-order valence-corrected chi connectivity index (χ3v) is 7.10. The first-order valence-electron chi connectivity index (χ1n) is 15.7. The van der Waals surface area contributed by atoms with Gasteiger partial charge < -0.3 is 15.2 Å². The van der Waals surface area contributed by atoms with Crippen LogP contribution < -0.4 is 5.32 Å². The van der Waals surface area contributed by atoms with Gasteiger partial charge in [-0.05, 0) is 19.4 Å². The predicted octanol–water partition coefficient (Wildman–Crippen LogP) is 8.97. The van der Waals surface area contributed by atoms with E-state index in [9.17, 15) is 14.7 Å². The highest BCUT2D eigenvalue weighted by Gasteiger charge is 2.21. The van der Waals surface area contributed by atoms with Crippen molar-refractivity contribution in [1.29, 1.82) is 0 Å². The topological polar surface area (TPSA) is 75.6 Å². The van der Waals surface area contributed by atoms with Crippen LogP contribution in [0.5, 0.6) is 0 Å². The Balaban J connectivity index is 3.56. The standard InChI is InChI=1S/C31H61NO4/c1-3-5-7-9-11-13-15-16-18-20-22-24-26-32-29(31(34)35)28-30(33)36-27-25-23-21-19-17-14-12-10-8-6-4-2/h29,32H,3-28H2,1-2H3,(H,34,35). The molecule has 0 fully saturated rings. The Kier molecular flexibility index (Phi) is 27.6. The molecule has 0 aliphatic carbocycles. The van der Waals surface area contributed by atoms with Gasteiger partial charge in [-0.15, -0.1) is 0 Å². The summed E-state index contributed by atoms with van der Waals surface area (Å²) in [7, 11) is 0. The van der Waals surface area contributed by atoms with Gasteiger partial charge in [0.15, 0.2) is 0 Å². The van der Waals surface area contributed by atoms with E-state index in [2.05, 4.69) is 19.2 Å². The van der Waals surface area contributed by atoms with Gasteiger partial charge in [-0.25, -0.2) is 0 Å². The number of carboxylic acids is 1. The molecule has 0 aliphatic heterocycles. The van der Waals surface area contributed by atoms with Crippen molar-refractivity contribution in [2.24, 2.45) is 0 Å². The second-order valence-electron chi connectivity index (χ2n) is 10.7. The predicted molar refractivity (Wildman–Crippen MR) is 153 cm³/mol. The molecule has 0 rings (SSSR count). The van der Waals surface area contributed by atoms with Gasteiger partial charge in [0.2, 0.25) is 0 Å². The summed E-state index contributed by atoms with van der Waals surface area (Å²) in [5, 5.41) is 12.4. The Morgan fingerprint density at radius 3 is 1.33 bits per heavy atom. The summed E-state index contributed by atoms with van der Waals surface area (Å²) in [6.45, 7) is 5.55. The molecule has 214 valence electrons. The van der Waals surface area contributed by atoms with E-state index in [0.29, 0.717) is 13.2 Å². The van der Waals surface area contributed by atoms with Gasteiger partial charge >= 0.3 is 11.9 Å². The number of rotatable bonds is 29. The van der Waals surface area contributed by atoms with E-state index in [4.69, 9.17) is 4.74 Å². The first-order valence-corrected chi connectivity index (χ1v) is 15.7. The lowest BCUT2D eigenvalue weighted by atomic mass is 10.1. The highest BCUT2D eigenvalue weighted by atomic mass is 16.5. The summed E-state index contributed by atoms with van der Waals surface area (Å²) in [6, 6.07) is -0.845. The van der Waals surface area contributed by atoms with Gasteiger partial charge in [-0.1, -0.05) is 149 Å². The lowest BCUT2D eigenvalue weighted by Crippen LogP contribution is -2.39. The van der Waals surface area contributed by atoms with E-state index in [0.717, 1.165) is 25.7 Å². The van der Waals surface area contributed by atoms with Gasteiger partial charge in [0.05, 0.1) is 13.0 Å². The quantitative estimate of drug-likeness (QED) is 0.0774. The van der Waals surface area contributed by atoms with Crippen LogP contribution in [0.25, 0.3) is 0 Å². The third-order valence-electron chi connectivity index (χ3n) is 7.10. The van der Waals surface area contributed by atoms with Crippen LogP contribution in [0.2, 0.25) is 0 Å². The monoisotopic (exact) mass is 511 g/mol. The Hall–Kier alpha value is -1.10. The highest BCUT2D eigenvalue weighted by Crippen LogP contribution is 2.13. The molecule has 0 aliphatic rings. The van der Waals surface area contributed by atoms with E-state index in [1.807, 2.05) is 0 Å². The van der Waals surface area contributed by atoms with E-state index >= 15 is 0 Å². The van der Waals surface area contributed by atoms with Crippen molar-refractivity contribution in [3.8, 4) is 0 Å². The zero-order valence-corrected chi connectivity index (χ0v) is 24.1. The normalized spacial score (nSPS) is 12.1. The summed E-state index contributed by atoms with van der Waals surface area (Å²) in [6.07, 6.45) is 29.1. The number of hydrogen-bond acceptors (Lipinski definition) is 4. The molecule has 1 unspecified atom stereocenters. The molecule has 0 saturated heterocycles. The molecule has 0 aromatic rings. The van der Waals surface area contributed by atoms with E-state index in [1.165, 1.54) is 122 Å². The fourth-order valence-corrected chi connectivity index (χ4v) is 4.67. The largest absolute Gasteiger partial charge is 0.480 e. The minimum absolute atomic E-state index is 0.0916. The van der Waals surface area contributed by atoms with Crippen molar-refractivity contribution in [3.63, 3.8) is 0 Å².